The van der Waals surface area contributed by atoms with Gasteiger partial charge in [-0.15, -0.1) is 10.2 Å². The largest absolute Gasteiger partial charge is 0.338 e. The van der Waals surface area contributed by atoms with Crippen molar-refractivity contribution in [3.8, 4) is 0 Å². The van der Waals surface area contributed by atoms with Gasteiger partial charge in [0.05, 0.1) is 12.2 Å². The molecule has 8 heteroatoms. The zero-order valence-electron chi connectivity index (χ0n) is 14.9. The molecule has 3 aromatic rings. The molecule has 4 rings (SSSR count). The van der Waals surface area contributed by atoms with Gasteiger partial charge in [0, 0.05) is 11.3 Å². The van der Waals surface area contributed by atoms with E-state index < -0.39 is 0 Å². The highest BCUT2D eigenvalue weighted by atomic mass is 16.5. The van der Waals surface area contributed by atoms with Gasteiger partial charge in [-0.2, -0.15) is 14.6 Å². The Morgan fingerprint density at radius 2 is 1.96 bits per heavy atom. The first-order valence-electron chi connectivity index (χ1n) is 8.71. The summed E-state index contributed by atoms with van der Waals surface area (Å²) in [7, 11) is 0. The van der Waals surface area contributed by atoms with E-state index in [1.54, 1.807) is 0 Å². The second kappa shape index (κ2) is 6.18. The fourth-order valence-electron chi connectivity index (χ4n) is 3.27. The molecule has 132 valence electrons. The summed E-state index contributed by atoms with van der Waals surface area (Å²) >= 11 is 0. The molecule has 0 atom stereocenters. The number of likely N-dealkylation sites (tertiary alicyclic amines) is 1. The summed E-state index contributed by atoms with van der Waals surface area (Å²) in [5, 5.41) is 17.2. The van der Waals surface area contributed by atoms with Crippen LogP contribution in [0.25, 0.3) is 5.65 Å². The van der Waals surface area contributed by atoms with Gasteiger partial charge >= 0.3 is 0 Å². The van der Waals surface area contributed by atoms with E-state index in [2.05, 4.69) is 46.0 Å². The Bertz CT molecular complexity index is 842. The van der Waals surface area contributed by atoms with Crippen LogP contribution in [-0.2, 0) is 12.0 Å². The maximum absolute atomic E-state index is 5.10. The zero-order chi connectivity index (χ0) is 17.4. The van der Waals surface area contributed by atoms with Gasteiger partial charge in [0.1, 0.15) is 0 Å². The lowest BCUT2D eigenvalue weighted by Gasteiger charge is -2.29. The van der Waals surface area contributed by atoms with Crippen molar-refractivity contribution in [1.82, 2.24) is 34.9 Å². The first kappa shape index (κ1) is 16.1. The molecule has 0 amide bonds. The van der Waals surface area contributed by atoms with Crippen LogP contribution in [0.4, 0.5) is 0 Å². The summed E-state index contributed by atoms with van der Waals surface area (Å²) in [6.45, 7) is 9.16. The predicted octanol–water partition coefficient (Wildman–Crippen LogP) is 2.18. The van der Waals surface area contributed by atoms with Crippen molar-refractivity contribution >= 4 is 5.65 Å². The van der Waals surface area contributed by atoms with E-state index in [-0.39, 0.29) is 5.41 Å². The van der Waals surface area contributed by atoms with Crippen molar-refractivity contribution in [3.63, 3.8) is 0 Å². The molecule has 1 saturated heterocycles. The molecule has 25 heavy (non-hydrogen) atoms. The van der Waals surface area contributed by atoms with Crippen molar-refractivity contribution in [2.45, 2.75) is 51.5 Å². The first-order valence-corrected chi connectivity index (χ1v) is 8.71. The second-order valence-corrected chi connectivity index (χ2v) is 7.68. The van der Waals surface area contributed by atoms with Gasteiger partial charge in [-0.05, 0) is 38.1 Å². The molecule has 0 spiro atoms. The van der Waals surface area contributed by atoms with Crippen molar-refractivity contribution < 1.29 is 4.52 Å². The molecule has 0 aliphatic carbocycles. The third kappa shape index (κ3) is 3.26. The summed E-state index contributed by atoms with van der Waals surface area (Å²) in [6, 6.07) is 4.05. The van der Waals surface area contributed by atoms with Gasteiger partial charge in [0.15, 0.2) is 17.8 Å². The summed E-state index contributed by atoms with van der Waals surface area (Å²) in [5.41, 5.74) is 1.87. The van der Waals surface area contributed by atoms with E-state index in [0.29, 0.717) is 18.4 Å². The highest BCUT2D eigenvalue weighted by Gasteiger charge is 2.26. The maximum atomic E-state index is 5.10. The van der Waals surface area contributed by atoms with Gasteiger partial charge < -0.3 is 4.52 Å². The Hall–Kier alpha value is -2.35. The van der Waals surface area contributed by atoms with Crippen LogP contribution >= 0.6 is 0 Å². The Morgan fingerprint density at radius 3 is 2.64 bits per heavy atom. The lowest BCUT2D eigenvalue weighted by atomic mass is 9.92. The normalized spacial score (nSPS) is 17.4. The highest BCUT2D eigenvalue weighted by Crippen LogP contribution is 2.28. The zero-order valence-corrected chi connectivity index (χ0v) is 14.9. The van der Waals surface area contributed by atoms with Crippen molar-refractivity contribution in [3.05, 3.63) is 35.9 Å². The molecule has 0 aromatic carbocycles. The van der Waals surface area contributed by atoms with E-state index in [4.69, 9.17) is 9.62 Å². The summed E-state index contributed by atoms with van der Waals surface area (Å²) < 4.78 is 7.03. The third-order valence-corrected chi connectivity index (χ3v) is 4.77. The van der Waals surface area contributed by atoms with Crippen molar-refractivity contribution in [2.75, 3.05) is 13.1 Å². The molecule has 8 nitrogen and oxygen atoms in total. The average Bonchev–Trinajstić information content (AvgIpc) is 3.23. The minimum atomic E-state index is 0.00315. The van der Waals surface area contributed by atoms with Crippen molar-refractivity contribution in [2.24, 2.45) is 0 Å². The Balaban J connectivity index is 1.51. The first-order chi connectivity index (χ1) is 12.0. The fourth-order valence-corrected chi connectivity index (χ4v) is 3.27. The molecule has 0 saturated carbocycles. The van der Waals surface area contributed by atoms with Crippen LogP contribution < -0.4 is 0 Å². The topological polar surface area (TPSA) is 85.2 Å². The van der Waals surface area contributed by atoms with Crippen LogP contribution in [0.1, 0.15) is 56.9 Å². The minimum Gasteiger partial charge on any atom is -0.338 e. The summed E-state index contributed by atoms with van der Waals surface area (Å²) in [4.78, 5) is 6.43. The standard InChI is InChI=1S/C17H23N7O/c1-17(2,3)13-4-5-14-20-21-16(24(14)22-13)12-6-8-23(9-7-12)10-15-18-11-19-25-15/h4-5,11-12H,6-10H2,1-3H3. The van der Waals surface area contributed by atoms with Crippen LogP contribution in [0.5, 0.6) is 0 Å². The highest BCUT2D eigenvalue weighted by molar-refractivity contribution is 5.37. The number of hydrogen-bond acceptors (Lipinski definition) is 7. The smallest absolute Gasteiger partial charge is 0.240 e. The number of rotatable bonds is 3. The number of aromatic nitrogens is 6. The molecule has 3 aromatic heterocycles. The molecule has 0 bridgehead atoms. The van der Waals surface area contributed by atoms with Gasteiger partial charge in [-0.25, -0.2) is 0 Å². The Labute approximate surface area is 146 Å². The number of hydrogen-bond donors (Lipinski definition) is 0. The van der Waals surface area contributed by atoms with Crippen LogP contribution in [0.3, 0.4) is 0 Å². The SMILES string of the molecule is CC(C)(C)c1ccc2nnc(C3CCN(Cc4ncno4)CC3)n2n1. The second-order valence-electron chi connectivity index (χ2n) is 7.68. The van der Waals surface area contributed by atoms with Crippen molar-refractivity contribution in [1.29, 1.82) is 0 Å². The quantitative estimate of drug-likeness (QED) is 0.722. The molecule has 0 radical (unpaired) electrons. The van der Waals surface area contributed by atoms with Gasteiger partial charge in [0.25, 0.3) is 0 Å². The molecule has 4 heterocycles. The summed E-state index contributed by atoms with van der Waals surface area (Å²) in [5.74, 6) is 2.01. The average molecular weight is 341 g/mol. The molecular weight excluding hydrogens is 318 g/mol. The Kier molecular flexibility index (Phi) is 3.99. The van der Waals surface area contributed by atoms with Crippen LogP contribution in [0.2, 0.25) is 0 Å². The maximum Gasteiger partial charge on any atom is 0.240 e. The van der Waals surface area contributed by atoms with Gasteiger partial charge in [0.2, 0.25) is 5.89 Å². The lowest BCUT2D eigenvalue weighted by molar-refractivity contribution is 0.178. The Morgan fingerprint density at radius 1 is 1.16 bits per heavy atom. The molecular formula is C17H23N7O. The lowest BCUT2D eigenvalue weighted by Crippen LogP contribution is -2.33. The summed E-state index contributed by atoms with van der Waals surface area (Å²) in [6.07, 6.45) is 3.50. The molecule has 1 fully saturated rings. The van der Waals surface area contributed by atoms with E-state index >= 15 is 0 Å². The van der Waals surface area contributed by atoms with E-state index in [1.165, 1.54) is 6.33 Å². The van der Waals surface area contributed by atoms with Crippen LogP contribution in [0, 0.1) is 0 Å². The monoisotopic (exact) mass is 341 g/mol. The number of fused-ring (bicyclic) bond motifs is 1. The predicted molar refractivity (Wildman–Crippen MR) is 91.0 cm³/mol. The fraction of sp³-hybridized carbons (Fsp3) is 0.588. The third-order valence-electron chi connectivity index (χ3n) is 4.77. The molecule has 0 unspecified atom stereocenters. The van der Waals surface area contributed by atoms with E-state index in [0.717, 1.165) is 43.1 Å². The van der Waals surface area contributed by atoms with Gasteiger partial charge in [-0.1, -0.05) is 25.9 Å². The number of nitrogens with zero attached hydrogens (tertiary/aromatic N) is 7. The van der Waals surface area contributed by atoms with Crippen LogP contribution in [-0.4, -0.2) is 47.9 Å². The minimum absolute atomic E-state index is 0.00315. The van der Waals surface area contributed by atoms with Crippen LogP contribution in [0.15, 0.2) is 23.0 Å². The molecule has 0 N–H and O–H groups in total. The molecule has 1 aliphatic rings. The number of piperidine rings is 1. The van der Waals surface area contributed by atoms with E-state index in [9.17, 15) is 0 Å². The molecule has 1 aliphatic heterocycles. The van der Waals surface area contributed by atoms with Gasteiger partial charge in [-0.3, -0.25) is 4.90 Å². The van der Waals surface area contributed by atoms with E-state index in [1.807, 2.05) is 16.6 Å².